The molecule has 4 heteroatoms. The molecule has 0 aliphatic carbocycles. The number of carbonyl (C=O) groups is 2. The van der Waals surface area contributed by atoms with Gasteiger partial charge in [-0.25, -0.2) is 4.79 Å². The maximum Gasteiger partial charge on any atom is 0.327 e. The van der Waals surface area contributed by atoms with E-state index in [1.165, 1.54) is 70.3 Å². The molecule has 0 fully saturated rings. The molecule has 0 aliphatic heterocycles. The highest BCUT2D eigenvalue weighted by molar-refractivity contribution is 5.79. The molecule has 0 aromatic heterocycles. The van der Waals surface area contributed by atoms with Crippen molar-refractivity contribution in [3.05, 3.63) is 24.3 Å². The zero-order valence-corrected chi connectivity index (χ0v) is 16.9. The van der Waals surface area contributed by atoms with Crippen LogP contribution in [-0.2, 0) is 9.59 Å². The van der Waals surface area contributed by atoms with Crippen LogP contribution < -0.4 is 0 Å². The Morgan fingerprint density at radius 2 is 1.23 bits per heavy atom. The van der Waals surface area contributed by atoms with E-state index in [2.05, 4.69) is 6.92 Å². The first-order valence-corrected chi connectivity index (χ1v) is 10.3. The van der Waals surface area contributed by atoms with Gasteiger partial charge in [-0.2, -0.15) is 0 Å². The summed E-state index contributed by atoms with van der Waals surface area (Å²) in [5, 5.41) is 16.5. The van der Waals surface area contributed by atoms with Crippen LogP contribution in [-0.4, -0.2) is 22.2 Å². The number of unbranched alkanes of at least 4 members (excludes halogenated alkanes) is 11. The highest BCUT2D eigenvalue weighted by Gasteiger charge is 1.93. The summed E-state index contributed by atoms with van der Waals surface area (Å²) in [4.78, 5) is 20.1. The summed E-state index contributed by atoms with van der Waals surface area (Å²) in [7, 11) is 0. The molecule has 0 saturated heterocycles. The molecule has 152 valence electrons. The summed E-state index contributed by atoms with van der Waals surface area (Å²) in [6.07, 6.45) is 23.2. The van der Waals surface area contributed by atoms with Crippen LogP contribution in [0.1, 0.15) is 104 Å². The molecule has 0 unspecified atom stereocenters. The van der Waals surface area contributed by atoms with Crippen molar-refractivity contribution in [3.8, 4) is 0 Å². The standard InChI is InChI=1S/C16H30O2.C6H10O2/c1-2-3-4-5-6-7-8-9-10-11-12-13-14-15-16(17)18;1-2-3-4-5-6(7)8/h14-15H,2-13H2,1H3,(H,17,18);2-3H,4-5H2,1H3,(H,7,8). The molecule has 0 aliphatic rings. The second-order valence-corrected chi connectivity index (χ2v) is 6.57. The minimum absolute atomic E-state index is 0.240. The highest BCUT2D eigenvalue weighted by Crippen LogP contribution is 2.11. The monoisotopic (exact) mass is 368 g/mol. The van der Waals surface area contributed by atoms with E-state index < -0.39 is 11.9 Å². The molecule has 0 rings (SSSR count). The predicted octanol–water partition coefficient (Wildman–Crippen LogP) is 6.76. The molecule has 4 nitrogen and oxygen atoms in total. The van der Waals surface area contributed by atoms with Crippen molar-refractivity contribution in [2.24, 2.45) is 0 Å². The SMILES string of the molecule is CC=CCCC(=O)O.CCCCCCCCCCCCCC=CC(=O)O. The Hall–Kier alpha value is -1.58. The van der Waals surface area contributed by atoms with Crippen molar-refractivity contribution >= 4 is 11.9 Å². The molecule has 0 heterocycles. The molecule has 0 atom stereocenters. The Morgan fingerprint density at radius 1 is 0.731 bits per heavy atom. The second kappa shape index (κ2) is 23.4. The van der Waals surface area contributed by atoms with Gasteiger partial charge in [0.15, 0.2) is 0 Å². The third kappa shape index (κ3) is 30.3. The lowest BCUT2D eigenvalue weighted by Crippen LogP contribution is -1.91. The second-order valence-electron chi connectivity index (χ2n) is 6.57. The fraction of sp³-hybridized carbons (Fsp3) is 0.727. The van der Waals surface area contributed by atoms with Gasteiger partial charge in [0.25, 0.3) is 0 Å². The van der Waals surface area contributed by atoms with E-state index in [-0.39, 0.29) is 6.42 Å². The minimum atomic E-state index is -0.835. The molecule has 0 amide bonds. The third-order valence-electron chi connectivity index (χ3n) is 4.00. The Morgan fingerprint density at radius 3 is 1.65 bits per heavy atom. The Bertz CT molecular complexity index is 372. The van der Waals surface area contributed by atoms with Gasteiger partial charge in [0.2, 0.25) is 0 Å². The molecule has 2 N–H and O–H groups in total. The summed E-state index contributed by atoms with van der Waals surface area (Å²) in [5.74, 6) is -1.57. The summed E-state index contributed by atoms with van der Waals surface area (Å²) in [6, 6.07) is 0. The van der Waals surface area contributed by atoms with Crippen molar-refractivity contribution in [2.75, 3.05) is 0 Å². The maximum absolute atomic E-state index is 10.2. The first-order valence-electron chi connectivity index (χ1n) is 10.3. The topological polar surface area (TPSA) is 74.6 Å². The summed E-state index contributed by atoms with van der Waals surface area (Å²) in [5.41, 5.74) is 0. The normalized spacial score (nSPS) is 10.8. The van der Waals surface area contributed by atoms with Crippen LogP contribution in [0, 0.1) is 0 Å². The van der Waals surface area contributed by atoms with Gasteiger partial charge in [-0.3, -0.25) is 4.79 Å². The van der Waals surface area contributed by atoms with E-state index in [9.17, 15) is 9.59 Å². The van der Waals surface area contributed by atoms with Crippen molar-refractivity contribution in [1.82, 2.24) is 0 Å². The van der Waals surface area contributed by atoms with Crippen LogP contribution in [0.25, 0.3) is 0 Å². The zero-order valence-electron chi connectivity index (χ0n) is 16.9. The molecule has 0 radical (unpaired) electrons. The van der Waals surface area contributed by atoms with Crippen LogP contribution in [0.3, 0.4) is 0 Å². The molecule has 0 aromatic rings. The number of carboxylic acids is 2. The Kier molecular flexibility index (Phi) is 24.0. The van der Waals surface area contributed by atoms with Crippen molar-refractivity contribution in [1.29, 1.82) is 0 Å². The van der Waals surface area contributed by atoms with E-state index in [0.717, 1.165) is 12.8 Å². The Balaban J connectivity index is 0. The predicted molar refractivity (Wildman–Crippen MR) is 110 cm³/mol. The third-order valence-corrected chi connectivity index (χ3v) is 4.00. The van der Waals surface area contributed by atoms with Gasteiger partial charge in [-0.1, -0.05) is 89.4 Å². The quantitative estimate of drug-likeness (QED) is 0.179. The number of rotatable bonds is 16. The van der Waals surface area contributed by atoms with Gasteiger partial charge >= 0.3 is 11.9 Å². The Labute approximate surface area is 160 Å². The number of aliphatic carboxylic acids is 2. The van der Waals surface area contributed by atoms with E-state index in [0.29, 0.717) is 6.42 Å². The van der Waals surface area contributed by atoms with Gasteiger partial charge in [-0.05, 0) is 26.2 Å². The maximum atomic E-state index is 10.2. The average molecular weight is 369 g/mol. The number of carboxylic acid groups (broad SMARTS) is 2. The molecule has 0 aromatic carbocycles. The van der Waals surface area contributed by atoms with E-state index in [4.69, 9.17) is 10.2 Å². The highest BCUT2D eigenvalue weighted by atomic mass is 16.4. The van der Waals surface area contributed by atoms with Gasteiger partial charge in [0.05, 0.1) is 0 Å². The number of hydrogen-bond acceptors (Lipinski definition) is 2. The fourth-order valence-corrected chi connectivity index (χ4v) is 2.48. The van der Waals surface area contributed by atoms with Crippen molar-refractivity contribution in [3.63, 3.8) is 0 Å². The molecule has 0 spiro atoms. The molecule has 0 bridgehead atoms. The van der Waals surface area contributed by atoms with Crippen molar-refractivity contribution < 1.29 is 19.8 Å². The van der Waals surface area contributed by atoms with Gasteiger partial charge in [0.1, 0.15) is 0 Å². The van der Waals surface area contributed by atoms with E-state index >= 15 is 0 Å². The van der Waals surface area contributed by atoms with Gasteiger partial charge in [0, 0.05) is 12.5 Å². The van der Waals surface area contributed by atoms with E-state index in [1.807, 2.05) is 19.1 Å². The van der Waals surface area contributed by atoms with Crippen molar-refractivity contribution in [2.45, 2.75) is 104 Å². The van der Waals surface area contributed by atoms with Crippen LogP contribution in [0.15, 0.2) is 24.3 Å². The lowest BCUT2D eigenvalue weighted by Gasteiger charge is -2.01. The molecular formula is C22H40O4. The molecule has 0 saturated carbocycles. The largest absolute Gasteiger partial charge is 0.481 e. The van der Waals surface area contributed by atoms with Crippen LogP contribution in [0.5, 0.6) is 0 Å². The molecular weight excluding hydrogens is 328 g/mol. The lowest BCUT2D eigenvalue weighted by molar-refractivity contribution is -0.137. The summed E-state index contributed by atoms with van der Waals surface area (Å²) in [6.45, 7) is 4.13. The smallest absolute Gasteiger partial charge is 0.327 e. The summed E-state index contributed by atoms with van der Waals surface area (Å²) < 4.78 is 0. The zero-order chi connectivity index (χ0) is 19.9. The minimum Gasteiger partial charge on any atom is -0.481 e. The molecule has 26 heavy (non-hydrogen) atoms. The number of hydrogen-bond donors (Lipinski definition) is 2. The van der Waals surface area contributed by atoms with Crippen LogP contribution >= 0.6 is 0 Å². The first-order chi connectivity index (χ1) is 12.5. The van der Waals surface area contributed by atoms with Gasteiger partial charge < -0.3 is 10.2 Å². The lowest BCUT2D eigenvalue weighted by atomic mass is 10.1. The summed E-state index contributed by atoms with van der Waals surface area (Å²) >= 11 is 0. The number of allylic oxidation sites excluding steroid dienone is 3. The van der Waals surface area contributed by atoms with E-state index in [1.54, 1.807) is 6.08 Å². The fourth-order valence-electron chi connectivity index (χ4n) is 2.48. The first kappa shape index (κ1) is 26.6. The van der Waals surface area contributed by atoms with Crippen LogP contribution in [0.4, 0.5) is 0 Å². The average Bonchev–Trinajstić information content (AvgIpc) is 2.59. The van der Waals surface area contributed by atoms with Crippen LogP contribution in [0.2, 0.25) is 0 Å². The van der Waals surface area contributed by atoms with Gasteiger partial charge in [-0.15, -0.1) is 0 Å².